The zero-order valence-electron chi connectivity index (χ0n) is 17.1. The number of amides is 1. The first kappa shape index (κ1) is 18.7. The lowest BCUT2D eigenvalue weighted by atomic mass is 10.0. The average molecular weight is 376 g/mol. The van der Waals surface area contributed by atoms with E-state index in [-0.39, 0.29) is 11.8 Å². The van der Waals surface area contributed by atoms with Crippen molar-refractivity contribution in [3.05, 3.63) is 65.0 Å². The number of nitrogens with zero attached hydrogens (tertiary/aromatic N) is 3. The van der Waals surface area contributed by atoms with Crippen LogP contribution in [0.2, 0.25) is 0 Å². The number of benzene rings is 2. The average Bonchev–Trinajstić information content (AvgIpc) is 3.23. The quantitative estimate of drug-likeness (QED) is 0.620. The van der Waals surface area contributed by atoms with Gasteiger partial charge < -0.3 is 9.47 Å². The predicted molar refractivity (Wildman–Crippen MR) is 114 cm³/mol. The summed E-state index contributed by atoms with van der Waals surface area (Å²) in [6, 6.07) is 14.9. The molecule has 1 fully saturated rings. The van der Waals surface area contributed by atoms with E-state index in [0.29, 0.717) is 6.42 Å². The van der Waals surface area contributed by atoms with Crippen LogP contribution in [-0.2, 0) is 11.3 Å². The summed E-state index contributed by atoms with van der Waals surface area (Å²) in [4.78, 5) is 19.5. The maximum absolute atomic E-state index is 12.5. The number of fused-ring (bicyclic) bond motifs is 1. The largest absolute Gasteiger partial charge is 0.342 e. The molecule has 0 unspecified atom stereocenters. The first-order valence-corrected chi connectivity index (χ1v) is 10.4. The maximum Gasteiger partial charge on any atom is 0.223 e. The molecule has 3 aromatic rings. The molecule has 1 aliphatic rings. The molecule has 4 heteroatoms. The molecule has 1 aromatic heterocycles. The van der Waals surface area contributed by atoms with Crippen LogP contribution in [0.4, 0.5) is 0 Å². The second-order valence-corrected chi connectivity index (χ2v) is 8.07. The summed E-state index contributed by atoms with van der Waals surface area (Å²) in [6.45, 7) is 8.92. The van der Waals surface area contributed by atoms with E-state index in [0.717, 1.165) is 49.3 Å². The van der Waals surface area contributed by atoms with Gasteiger partial charge in [-0.05, 0) is 43.5 Å². The fourth-order valence-electron chi connectivity index (χ4n) is 4.22. The van der Waals surface area contributed by atoms with Gasteiger partial charge in [0.1, 0.15) is 5.82 Å². The number of carbonyl (C=O) groups is 1. The number of aromatic nitrogens is 2. The molecule has 4 nitrogen and oxygen atoms in total. The van der Waals surface area contributed by atoms with Gasteiger partial charge in [0.15, 0.2) is 0 Å². The number of hydrogen-bond acceptors (Lipinski definition) is 2. The number of carbonyl (C=O) groups excluding carboxylic acids is 1. The zero-order chi connectivity index (χ0) is 19.7. The predicted octanol–water partition coefficient (Wildman–Crippen LogP) is 4.82. The Labute approximate surface area is 167 Å². The molecule has 1 aliphatic heterocycles. The van der Waals surface area contributed by atoms with Crippen molar-refractivity contribution in [2.45, 2.75) is 52.5 Å². The van der Waals surface area contributed by atoms with E-state index in [1.807, 2.05) is 11.0 Å². The molecule has 2 aromatic carbocycles. The van der Waals surface area contributed by atoms with Crippen LogP contribution in [0.3, 0.4) is 0 Å². The molecule has 0 aliphatic carbocycles. The summed E-state index contributed by atoms with van der Waals surface area (Å²) >= 11 is 0. The third-order valence-corrected chi connectivity index (χ3v) is 5.88. The van der Waals surface area contributed by atoms with Gasteiger partial charge in [0.2, 0.25) is 5.91 Å². The first-order chi connectivity index (χ1) is 13.6. The molecular weight excluding hydrogens is 346 g/mol. The summed E-state index contributed by atoms with van der Waals surface area (Å²) in [6.07, 6.45) is 2.75. The molecule has 28 heavy (non-hydrogen) atoms. The molecule has 1 amide bonds. The fourth-order valence-corrected chi connectivity index (χ4v) is 4.22. The number of rotatable bonds is 6. The lowest BCUT2D eigenvalue weighted by Crippen LogP contribution is -2.26. The standard InChI is InChI=1S/C24H29N3O/c1-4-5-12-26-15-20(14-23(26)28)24-25-21-8-6-7-9-22(21)27(24)16-19-13-17(2)10-11-18(19)3/h6-11,13,20H,4-5,12,14-16H2,1-3H3/t20-/m1/s1. The second-order valence-electron chi connectivity index (χ2n) is 8.07. The number of likely N-dealkylation sites (tertiary alicyclic amines) is 1. The highest BCUT2D eigenvalue weighted by Crippen LogP contribution is 2.31. The van der Waals surface area contributed by atoms with Crippen LogP contribution in [0.1, 0.15) is 54.6 Å². The van der Waals surface area contributed by atoms with Crippen LogP contribution < -0.4 is 0 Å². The molecule has 4 rings (SSSR count). The molecule has 0 bridgehead atoms. The van der Waals surface area contributed by atoms with E-state index < -0.39 is 0 Å². The molecule has 146 valence electrons. The highest BCUT2D eigenvalue weighted by Gasteiger charge is 2.33. The van der Waals surface area contributed by atoms with Gasteiger partial charge in [0, 0.05) is 32.0 Å². The summed E-state index contributed by atoms with van der Waals surface area (Å²) in [7, 11) is 0. The van der Waals surface area contributed by atoms with Crippen molar-refractivity contribution < 1.29 is 4.79 Å². The van der Waals surface area contributed by atoms with Crippen molar-refractivity contribution in [3.63, 3.8) is 0 Å². The third kappa shape index (κ3) is 3.56. The Morgan fingerprint density at radius 3 is 2.79 bits per heavy atom. The van der Waals surface area contributed by atoms with Gasteiger partial charge in [-0.2, -0.15) is 0 Å². The van der Waals surface area contributed by atoms with Gasteiger partial charge in [0.05, 0.1) is 11.0 Å². The van der Waals surface area contributed by atoms with E-state index in [1.165, 1.54) is 16.7 Å². The molecule has 0 radical (unpaired) electrons. The first-order valence-electron chi connectivity index (χ1n) is 10.4. The Balaban J connectivity index is 1.72. The summed E-state index contributed by atoms with van der Waals surface area (Å²) in [5, 5.41) is 0. The molecule has 0 saturated carbocycles. The Morgan fingerprint density at radius 2 is 1.96 bits per heavy atom. The normalized spacial score (nSPS) is 17.0. The van der Waals surface area contributed by atoms with Crippen molar-refractivity contribution >= 4 is 16.9 Å². The van der Waals surface area contributed by atoms with Crippen molar-refractivity contribution in [2.75, 3.05) is 13.1 Å². The van der Waals surface area contributed by atoms with Crippen LogP contribution in [0, 0.1) is 13.8 Å². The minimum Gasteiger partial charge on any atom is -0.342 e. The van der Waals surface area contributed by atoms with Crippen LogP contribution >= 0.6 is 0 Å². The monoisotopic (exact) mass is 375 g/mol. The topological polar surface area (TPSA) is 38.1 Å². The Morgan fingerprint density at radius 1 is 1.14 bits per heavy atom. The lowest BCUT2D eigenvalue weighted by molar-refractivity contribution is -0.127. The van der Waals surface area contributed by atoms with Crippen LogP contribution in [0.5, 0.6) is 0 Å². The highest BCUT2D eigenvalue weighted by atomic mass is 16.2. The number of imidazole rings is 1. The van der Waals surface area contributed by atoms with E-state index in [2.05, 4.69) is 61.7 Å². The number of aryl methyl sites for hydroxylation is 2. The van der Waals surface area contributed by atoms with Gasteiger partial charge in [-0.15, -0.1) is 0 Å². The summed E-state index contributed by atoms with van der Waals surface area (Å²) in [5.41, 5.74) is 6.05. The van der Waals surface area contributed by atoms with Gasteiger partial charge in [-0.3, -0.25) is 4.79 Å². The SMILES string of the molecule is CCCCN1C[C@H](c2nc3ccccc3n2Cc2cc(C)ccc2C)CC1=O. The van der Waals surface area contributed by atoms with E-state index in [1.54, 1.807) is 0 Å². The zero-order valence-corrected chi connectivity index (χ0v) is 17.1. The van der Waals surface area contributed by atoms with Crippen molar-refractivity contribution in [2.24, 2.45) is 0 Å². The smallest absolute Gasteiger partial charge is 0.223 e. The lowest BCUT2D eigenvalue weighted by Gasteiger charge is -2.17. The second kappa shape index (κ2) is 7.78. The minimum atomic E-state index is 0.168. The molecule has 1 atom stereocenters. The van der Waals surface area contributed by atoms with Gasteiger partial charge >= 0.3 is 0 Å². The van der Waals surface area contributed by atoms with Crippen LogP contribution in [-0.4, -0.2) is 33.4 Å². The number of para-hydroxylation sites is 2. The van der Waals surface area contributed by atoms with Crippen molar-refractivity contribution in [1.29, 1.82) is 0 Å². The fraction of sp³-hybridized carbons (Fsp3) is 0.417. The van der Waals surface area contributed by atoms with E-state index >= 15 is 0 Å². The third-order valence-electron chi connectivity index (χ3n) is 5.88. The number of unbranched alkanes of at least 4 members (excludes halogenated alkanes) is 1. The number of hydrogen-bond donors (Lipinski definition) is 0. The Kier molecular flexibility index (Phi) is 5.21. The molecular formula is C24H29N3O. The van der Waals surface area contributed by atoms with E-state index in [4.69, 9.17) is 4.98 Å². The molecule has 1 saturated heterocycles. The molecule has 2 heterocycles. The van der Waals surface area contributed by atoms with Crippen LogP contribution in [0.25, 0.3) is 11.0 Å². The Hall–Kier alpha value is -2.62. The summed E-state index contributed by atoms with van der Waals surface area (Å²) in [5.74, 6) is 1.49. The summed E-state index contributed by atoms with van der Waals surface area (Å²) < 4.78 is 2.33. The Bertz CT molecular complexity index is 1000. The van der Waals surface area contributed by atoms with Crippen molar-refractivity contribution in [3.8, 4) is 0 Å². The van der Waals surface area contributed by atoms with Gasteiger partial charge in [0.25, 0.3) is 0 Å². The van der Waals surface area contributed by atoms with Gasteiger partial charge in [-0.1, -0.05) is 49.2 Å². The van der Waals surface area contributed by atoms with E-state index in [9.17, 15) is 4.79 Å². The minimum absolute atomic E-state index is 0.168. The van der Waals surface area contributed by atoms with Gasteiger partial charge in [-0.25, -0.2) is 4.98 Å². The van der Waals surface area contributed by atoms with Crippen LogP contribution in [0.15, 0.2) is 42.5 Å². The maximum atomic E-state index is 12.5. The molecule has 0 spiro atoms. The molecule has 0 N–H and O–H groups in total. The highest BCUT2D eigenvalue weighted by molar-refractivity contribution is 5.81. The van der Waals surface area contributed by atoms with Crippen molar-refractivity contribution in [1.82, 2.24) is 14.5 Å².